The highest BCUT2D eigenvalue weighted by Gasteiger charge is 2.45. The molecule has 0 aliphatic carbocycles. The minimum atomic E-state index is 0.101. The van der Waals surface area contributed by atoms with Gasteiger partial charge in [0.25, 0.3) is 0 Å². The van der Waals surface area contributed by atoms with Crippen LogP contribution in [0.4, 0.5) is 5.82 Å². The lowest BCUT2D eigenvalue weighted by Crippen LogP contribution is -2.70. The maximum atomic E-state index is 12.3. The lowest BCUT2D eigenvalue weighted by molar-refractivity contribution is -0.127. The second-order valence-electron chi connectivity index (χ2n) is 6.78. The number of piperidine rings is 1. The van der Waals surface area contributed by atoms with Crippen molar-refractivity contribution in [1.82, 2.24) is 20.2 Å². The highest BCUT2D eigenvalue weighted by atomic mass is 32.2. The van der Waals surface area contributed by atoms with E-state index in [9.17, 15) is 4.79 Å². The van der Waals surface area contributed by atoms with Gasteiger partial charge in [0.1, 0.15) is 5.82 Å². The van der Waals surface area contributed by atoms with Gasteiger partial charge in [0.05, 0.1) is 6.54 Å². The van der Waals surface area contributed by atoms with E-state index in [-0.39, 0.29) is 5.91 Å². The number of anilines is 1. The van der Waals surface area contributed by atoms with Crippen molar-refractivity contribution in [2.24, 2.45) is 0 Å². The summed E-state index contributed by atoms with van der Waals surface area (Å²) in [5.74, 6) is 1.09. The van der Waals surface area contributed by atoms with Crippen molar-refractivity contribution in [3.63, 3.8) is 0 Å². The minimum Gasteiger partial charge on any atom is -0.353 e. The normalized spacial score (nSPS) is 22.0. The zero-order valence-corrected chi connectivity index (χ0v) is 15.7. The fourth-order valence-electron chi connectivity index (χ4n) is 3.76. The zero-order valence-electron chi connectivity index (χ0n) is 14.8. The molecule has 2 bridgehead atoms. The van der Waals surface area contributed by atoms with Gasteiger partial charge in [0.15, 0.2) is 5.16 Å². The highest BCUT2D eigenvalue weighted by Crippen LogP contribution is 2.33. The highest BCUT2D eigenvalue weighted by molar-refractivity contribution is 7.98. The van der Waals surface area contributed by atoms with Crippen LogP contribution in [0, 0.1) is 0 Å². The van der Waals surface area contributed by atoms with Gasteiger partial charge >= 0.3 is 0 Å². The van der Waals surface area contributed by atoms with Crippen LogP contribution in [0.15, 0.2) is 47.8 Å². The summed E-state index contributed by atoms with van der Waals surface area (Å²) in [7, 11) is 0. The molecule has 0 spiro atoms. The van der Waals surface area contributed by atoms with Crippen molar-refractivity contribution >= 4 is 23.5 Å². The molecule has 136 valence electrons. The average Bonchev–Trinajstić information content (AvgIpc) is 2.71. The van der Waals surface area contributed by atoms with Gasteiger partial charge in [-0.25, -0.2) is 9.97 Å². The molecule has 3 aliphatic heterocycles. The van der Waals surface area contributed by atoms with Crippen molar-refractivity contribution in [1.29, 1.82) is 0 Å². The Kier molecular flexibility index (Phi) is 5.08. The first-order chi connectivity index (χ1) is 12.7. The zero-order chi connectivity index (χ0) is 17.9. The third kappa shape index (κ3) is 3.68. The number of fused-ring (bicyclic) bond motifs is 2. The van der Waals surface area contributed by atoms with Crippen molar-refractivity contribution in [3.05, 3.63) is 48.2 Å². The largest absolute Gasteiger partial charge is 0.353 e. The van der Waals surface area contributed by atoms with Crippen LogP contribution in [0.1, 0.15) is 12.0 Å². The fourth-order valence-corrected chi connectivity index (χ4v) is 4.11. The van der Waals surface area contributed by atoms with E-state index < -0.39 is 0 Å². The third-order valence-corrected chi connectivity index (χ3v) is 5.69. The number of amides is 1. The fraction of sp³-hybridized carbons (Fsp3) is 0.421. The van der Waals surface area contributed by atoms with E-state index in [4.69, 9.17) is 0 Å². The van der Waals surface area contributed by atoms with Crippen LogP contribution < -0.4 is 10.2 Å². The molecule has 2 aromatic rings. The van der Waals surface area contributed by atoms with Gasteiger partial charge in [-0.2, -0.15) is 0 Å². The van der Waals surface area contributed by atoms with E-state index in [0.717, 1.165) is 29.6 Å². The van der Waals surface area contributed by atoms with Crippen LogP contribution >= 0.6 is 11.8 Å². The molecule has 2 atom stereocenters. The molecule has 1 amide bonds. The van der Waals surface area contributed by atoms with E-state index in [1.54, 1.807) is 11.8 Å². The Hall–Kier alpha value is -2.12. The molecule has 6 nitrogen and oxygen atoms in total. The molecule has 2 unspecified atom stereocenters. The molecule has 7 heteroatoms. The number of piperazine rings is 1. The summed E-state index contributed by atoms with van der Waals surface area (Å²) in [6.45, 7) is 2.92. The average molecular weight is 369 g/mol. The Morgan fingerprint density at radius 1 is 1.23 bits per heavy atom. The Bertz CT molecular complexity index is 760. The molecule has 1 aromatic carbocycles. The van der Waals surface area contributed by atoms with Crippen LogP contribution in [-0.2, 0) is 11.3 Å². The van der Waals surface area contributed by atoms with Crippen molar-refractivity contribution < 1.29 is 4.79 Å². The van der Waals surface area contributed by atoms with E-state index in [1.807, 2.05) is 48.9 Å². The Labute approximate surface area is 158 Å². The molecule has 1 aromatic heterocycles. The summed E-state index contributed by atoms with van der Waals surface area (Å²) < 4.78 is 0. The van der Waals surface area contributed by atoms with E-state index in [2.05, 4.69) is 25.1 Å². The second-order valence-corrected chi connectivity index (χ2v) is 7.56. The maximum Gasteiger partial charge on any atom is 0.234 e. The number of aromatic nitrogens is 2. The van der Waals surface area contributed by atoms with Crippen LogP contribution in [-0.4, -0.2) is 58.7 Å². The molecule has 3 aliphatic rings. The topological polar surface area (TPSA) is 61.4 Å². The van der Waals surface area contributed by atoms with Gasteiger partial charge in [-0.1, -0.05) is 42.1 Å². The van der Waals surface area contributed by atoms with Gasteiger partial charge in [-0.3, -0.25) is 9.69 Å². The van der Waals surface area contributed by atoms with Gasteiger partial charge in [0.2, 0.25) is 5.91 Å². The third-order valence-electron chi connectivity index (χ3n) is 5.13. The quantitative estimate of drug-likeness (QED) is 0.619. The summed E-state index contributed by atoms with van der Waals surface area (Å²) in [6, 6.07) is 12.9. The number of hydrogen-bond acceptors (Lipinski definition) is 6. The van der Waals surface area contributed by atoms with Crippen LogP contribution in [0.3, 0.4) is 0 Å². The monoisotopic (exact) mass is 369 g/mol. The number of nitrogens with zero attached hydrogens (tertiary/aromatic N) is 4. The summed E-state index contributed by atoms with van der Waals surface area (Å²) in [5.41, 5.74) is 1.13. The van der Waals surface area contributed by atoms with Gasteiger partial charge in [0, 0.05) is 37.9 Å². The lowest BCUT2D eigenvalue weighted by Gasteiger charge is -2.56. The number of nitrogens with one attached hydrogen (secondary N) is 1. The van der Waals surface area contributed by atoms with Crippen LogP contribution in [0.5, 0.6) is 0 Å². The second kappa shape index (κ2) is 7.63. The van der Waals surface area contributed by atoms with Crippen molar-refractivity contribution in [2.45, 2.75) is 30.2 Å². The number of benzene rings is 1. The van der Waals surface area contributed by atoms with E-state index in [1.165, 1.54) is 6.42 Å². The molecule has 4 heterocycles. The smallest absolute Gasteiger partial charge is 0.234 e. The van der Waals surface area contributed by atoms with Crippen LogP contribution in [0.25, 0.3) is 0 Å². The molecular formula is C19H23N5OS. The molecule has 0 saturated carbocycles. The molecule has 5 rings (SSSR count). The van der Waals surface area contributed by atoms with E-state index >= 15 is 0 Å². The number of carbonyl (C=O) groups excluding carboxylic acids is 1. The number of carbonyl (C=O) groups is 1. The molecule has 3 saturated heterocycles. The number of rotatable bonds is 6. The molecule has 26 heavy (non-hydrogen) atoms. The lowest BCUT2D eigenvalue weighted by atomic mass is 9.87. The minimum absolute atomic E-state index is 0.101. The molecule has 3 fully saturated rings. The predicted octanol–water partition coefficient (Wildman–Crippen LogP) is 1.78. The molecular weight excluding hydrogens is 346 g/mol. The predicted molar refractivity (Wildman–Crippen MR) is 103 cm³/mol. The van der Waals surface area contributed by atoms with Gasteiger partial charge < -0.3 is 10.2 Å². The van der Waals surface area contributed by atoms with Crippen molar-refractivity contribution in [2.75, 3.05) is 30.8 Å². The number of hydrogen-bond donors (Lipinski definition) is 1. The first kappa shape index (κ1) is 17.3. The summed E-state index contributed by atoms with van der Waals surface area (Å²) in [5, 5.41) is 3.83. The molecule has 0 radical (unpaired) electrons. The van der Waals surface area contributed by atoms with Gasteiger partial charge in [-0.05, 0) is 24.3 Å². The summed E-state index contributed by atoms with van der Waals surface area (Å²) >= 11 is 1.56. The Balaban J connectivity index is 1.29. The Morgan fingerprint density at radius 3 is 2.73 bits per heavy atom. The first-order valence-electron chi connectivity index (χ1n) is 8.91. The standard InChI is InChI=1S/C19H23N5OS/c1-26-19-20-8-7-17(22-19)23-11-15-9-16(12-23)24(15)13-18(25)21-10-14-5-3-2-4-6-14/h2-8,15-16H,9-13H2,1H3,(H,21,25). The van der Waals surface area contributed by atoms with Crippen molar-refractivity contribution in [3.8, 4) is 0 Å². The maximum absolute atomic E-state index is 12.3. The van der Waals surface area contributed by atoms with Crippen LogP contribution in [0.2, 0.25) is 0 Å². The molecule has 1 N–H and O–H groups in total. The SMILES string of the molecule is CSc1nccc(N2CC3CC(C2)N3CC(=O)NCc2ccccc2)n1. The first-order valence-corrected chi connectivity index (χ1v) is 10.1. The van der Waals surface area contributed by atoms with E-state index in [0.29, 0.717) is 25.2 Å². The summed E-state index contributed by atoms with van der Waals surface area (Å²) in [6.07, 6.45) is 4.98. The Morgan fingerprint density at radius 2 is 2.00 bits per heavy atom. The van der Waals surface area contributed by atoms with Gasteiger partial charge in [-0.15, -0.1) is 0 Å². The number of thioether (sulfide) groups is 1. The summed E-state index contributed by atoms with van der Waals surface area (Å²) in [4.78, 5) is 25.8.